The Bertz CT molecular complexity index is 2950. The fraction of sp³-hybridized carbons (Fsp3) is 0. The molecule has 0 aliphatic rings. The van der Waals surface area contributed by atoms with Crippen molar-refractivity contribution in [2.24, 2.45) is 0 Å². The summed E-state index contributed by atoms with van der Waals surface area (Å²) in [6, 6.07) is 75.1. The maximum atomic E-state index is 5.22. The second-order valence-electron chi connectivity index (χ2n) is 13.8. The lowest BCUT2D eigenvalue weighted by molar-refractivity contribution is 1.16. The Hall–Kier alpha value is -7.36. The van der Waals surface area contributed by atoms with Gasteiger partial charge in [-0.05, 0) is 63.7 Å². The quantitative estimate of drug-likeness (QED) is 0.166. The van der Waals surface area contributed by atoms with Crippen molar-refractivity contribution in [1.82, 2.24) is 14.5 Å². The fourth-order valence-electron chi connectivity index (χ4n) is 7.75. The molecular formula is C52H35N3. The Morgan fingerprint density at radius 1 is 0.291 bits per heavy atom. The number of benzene rings is 8. The highest BCUT2D eigenvalue weighted by atomic mass is 15.0. The Morgan fingerprint density at radius 2 is 0.800 bits per heavy atom. The van der Waals surface area contributed by atoms with Gasteiger partial charge < -0.3 is 4.57 Å². The average molecular weight is 702 g/mol. The molecule has 0 fully saturated rings. The van der Waals surface area contributed by atoms with Crippen LogP contribution in [-0.4, -0.2) is 14.5 Å². The molecule has 10 aromatic rings. The molecule has 0 saturated carbocycles. The van der Waals surface area contributed by atoms with E-state index in [4.69, 9.17) is 9.97 Å². The molecule has 10 rings (SSSR count). The molecule has 0 N–H and O–H groups in total. The van der Waals surface area contributed by atoms with Crippen LogP contribution in [0, 0.1) is 0 Å². The van der Waals surface area contributed by atoms with E-state index in [-0.39, 0.29) is 0 Å². The van der Waals surface area contributed by atoms with Gasteiger partial charge in [0.2, 0.25) is 0 Å². The highest BCUT2D eigenvalue weighted by molar-refractivity contribution is 6.10. The van der Waals surface area contributed by atoms with E-state index < -0.39 is 0 Å². The molecule has 2 aromatic heterocycles. The summed E-state index contributed by atoms with van der Waals surface area (Å²) >= 11 is 0. The molecule has 0 spiro atoms. The van der Waals surface area contributed by atoms with Gasteiger partial charge in [0.05, 0.1) is 22.4 Å². The van der Waals surface area contributed by atoms with Crippen LogP contribution < -0.4 is 0 Å². The van der Waals surface area contributed by atoms with Crippen LogP contribution in [-0.2, 0) is 0 Å². The van der Waals surface area contributed by atoms with Gasteiger partial charge in [-0.3, -0.25) is 0 Å². The Morgan fingerprint density at radius 3 is 1.53 bits per heavy atom. The van der Waals surface area contributed by atoms with Crippen molar-refractivity contribution >= 4 is 21.8 Å². The summed E-state index contributed by atoms with van der Waals surface area (Å²) in [5, 5.41) is 2.44. The number of rotatable bonds is 7. The van der Waals surface area contributed by atoms with Gasteiger partial charge in [-0.1, -0.05) is 182 Å². The van der Waals surface area contributed by atoms with Crippen molar-refractivity contribution in [1.29, 1.82) is 0 Å². The Labute approximate surface area is 320 Å². The lowest BCUT2D eigenvalue weighted by Gasteiger charge is -2.14. The Balaban J connectivity index is 1.12. The van der Waals surface area contributed by atoms with Gasteiger partial charge in [-0.25, -0.2) is 9.97 Å². The average Bonchev–Trinajstić information content (AvgIpc) is 3.61. The number of nitrogens with zero attached hydrogens (tertiary/aromatic N) is 3. The summed E-state index contributed by atoms with van der Waals surface area (Å²) in [6.45, 7) is 0. The molecule has 3 heteroatoms. The highest BCUT2D eigenvalue weighted by Gasteiger charge is 2.17. The van der Waals surface area contributed by atoms with Crippen molar-refractivity contribution < 1.29 is 0 Å². The van der Waals surface area contributed by atoms with Crippen molar-refractivity contribution in [2.45, 2.75) is 0 Å². The van der Waals surface area contributed by atoms with E-state index in [1.807, 2.05) is 12.1 Å². The second kappa shape index (κ2) is 13.9. The van der Waals surface area contributed by atoms with E-state index in [9.17, 15) is 0 Å². The third-order valence-electron chi connectivity index (χ3n) is 10.4. The molecular weight excluding hydrogens is 667 g/mol. The van der Waals surface area contributed by atoms with Gasteiger partial charge in [0.25, 0.3) is 0 Å². The second-order valence-corrected chi connectivity index (χ2v) is 13.8. The molecule has 0 bridgehead atoms. The summed E-state index contributed by atoms with van der Waals surface area (Å²) in [6.07, 6.45) is 0. The van der Waals surface area contributed by atoms with E-state index in [1.54, 1.807) is 0 Å². The topological polar surface area (TPSA) is 30.7 Å². The van der Waals surface area contributed by atoms with Gasteiger partial charge >= 0.3 is 0 Å². The maximum absolute atomic E-state index is 5.22. The fourth-order valence-corrected chi connectivity index (χ4v) is 7.75. The molecule has 0 saturated heterocycles. The molecule has 258 valence electrons. The predicted octanol–water partition coefficient (Wildman–Crippen LogP) is 13.6. The molecule has 2 heterocycles. The summed E-state index contributed by atoms with van der Waals surface area (Å²) in [4.78, 5) is 10.3. The summed E-state index contributed by atoms with van der Waals surface area (Å²) < 4.78 is 2.39. The van der Waals surface area contributed by atoms with E-state index in [2.05, 4.69) is 205 Å². The van der Waals surface area contributed by atoms with E-state index in [0.717, 1.165) is 50.4 Å². The summed E-state index contributed by atoms with van der Waals surface area (Å²) in [5.74, 6) is 0.694. The van der Waals surface area contributed by atoms with Crippen LogP contribution in [0.25, 0.3) is 94.8 Å². The van der Waals surface area contributed by atoms with E-state index in [0.29, 0.717) is 5.82 Å². The minimum atomic E-state index is 0.694. The molecule has 3 nitrogen and oxygen atoms in total. The van der Waals surface area contributed by atoms with Crippen molar-refractivity contribution in [2.75, 3.05) is 0 Å². The standard InChI is InChI=1S/C52H35N3/c1-4-15-36(16-5-1)37-27-29-40(30-28-37)52-53-48(39-19-8-3-9-20-39)35-49(54-52)42-21-14-22-43(33-42)55-50-26-13-12-25-46(50)47-32-31-41(34-51(47)55)45-24-11-10-23-44(45)38-17-6-2-7-18-38/h1-35H. The number of para-hydroxylation sites is 1. The van der Waals surface area contributed by atoms with Crippen LogP contribution in [0.2, 0.25) is 0 Å². The van der Waals surface area contributed by atoms with Crippen LogP contribution in [0.1, 0.15) is 0 Å². The third kappa shape index (κ3) is 6.08. The Kier molecular flexibility index (Phi) is 8.16. The van der Waals surface area contributed by atoms with Crippen molar-refractivity contribution in [3.8, 4) is 73.0 Å². The van der Waals surface area contributed by atoms with Gasteiger partial charge in [-0.15, -0.1) is 0 Å². The zero-order valence-electron chi connectivity index (χ0n) is 30.0. The summed E-state index contributed by atoms with van der Waals surface area (Å²) in [7, 11) is 0. The van der Waals surface area contributed by atoms with Crippen LogP contribution in [0.5, 0.6) is 0 Å². The lowest BCUT2D eigenvalue weighted by atomic mass is 9.94. The molecule has 8 aromatic carbocycles. The van der Waals surface area contributed by atoms with E-state index in [1.165, 1.54) is 38.6 Å². The van der Waals surface area contributed by atoms with Crippen molar-refractivity contribution in [3.63, 3.8) is 0 Å². The normalized spacial score (nSPS) is 11.3. The molecule has 0 aliphatic heterocycles. The molecule has 0 amide bonds. The minimum Gasteiger partial charge on any atom is -0.309 e. The monoisotopic (exact) mass is 701 g/mol. The zero-order chi connectivity index (χ0) is 36.6. The number of hydrogen-bond acceptors (Lipinski definition) is 2. The number of aromatic nitrogens is 3. The van der Waals surface area contributed by atoms with Crippen molar-refractivity contribution in [3.05, 3.63) is 212 Å². The SMILES string of the molecule is c1ccc(-c2ccc(-c3nc(-c4ccccc4)cc(-c4cccc(-n5c6ccccc6c6ccc(-c7ccccc7-c7ccccc7)cc65)c4)n3)cc2)cc1. The van der Waals surface area contributed by atoms with E-state index >= 15 is 0 Å². The van der Waals surface area contributed by atoms with Gasteiger partial charge in [0.15, 0.2) is 5.82 Å². The first-order valence-corrected chi connectivity index (χ1v) is 18.7. The first kappa shape index (κ1) is 32.3. The zero-order valence-corrected chi connectivity index (χ0v) is 30.0. The molecule has 0 radical (unpaired) electrons. The number of fused-ring (bicyclic) bond motifs is 3. The first-order chi connectivity index (χ1) is 27.3. The van der Waals surface area contributed by atoms with Crippen LogP contribution in [0.15, 0.2) is 212 Å². The van der Waals surface area contributed by atoms with Gasteiger partial charge in [-0.2, -0.15) is 0 Å². The smallest absolute Gasteiger partial charge is 0.160 e. The minimum absolute atomic E-state index is 0.694. The predicted molar refractivity (Wildman–Crippen MR) is 229 cm³/mol. The molecule has 55 heavy (non-hydrogen) atoms. The number of hydrogen-bond donors (Lipinski definition) is 0. The third-order valence-corrected chi connectivity index (χ3v) is 10.4. The molecule has 0 aliphatic carbocycles. The van der Waals surface area contributed by atoms with Crippen LogP contribution in [0.3, 0.4) is 0 Å². The summed E-state index contributed by atoms with van der Waals surface area (Å²) in [5.41, 5.74) is 15.4. The van der Waals surface area contributed by atoms with Crippen LogP contribution >= 0.6 is 0 Å². The van der Waals surface area contributed by atoms with Crippen LogP contribution in [0.4, 0.5) is 0 Å². The lowest BCUT2D eigenvalue weighted by Crippen LogP contribution is -1.98. The highest BCUT2D eigenvalue weighted by Crippen LogP contribution is 2.39. The first-order valence-electron chi connectivity index (χ1n) is 18.7. The van der Waals surface area contributed by atoms with Gasteiger partial charge in [0.1, 0.15) is 0 Å². The maximum Gasteiger partial charge on any atom is 0.160 e. The van der Waals surface area contributed by atoms with Gasteiger partial charge in [0, 0.05) is 33.2 Å². The largest absolute Gasteiger partial charge is 0.309 e. The molecule has 0 unspecified atom stereocenters. The molecule has 0 atom stereocenters.